The van der Waals surface area contributed by atoms with Gasteiger partial charge in [-0.1, -0.05) is 12.1 Å². The molecule has 0 amide bonds. The maximum Gasteiger partial charge on any atom is 0.123 e. The van der Waals surface area contributed by atoms with Crippen LogP contribution in [-0.4, -0.2) is 16.9 Å². The standard InChI is InChI=1S/C14H14BrFN2/c1-18(9-11-3-2-4-14(16)6-11)10-12-5-13(15)8-17-7-12/h2-8H,9-10H2,1H3. The van der Waals surface area contributed by atoms with Crippen molar-refractivity contribution in [1.29, 1.82) is 0 Å². The lowest BCUT2D eigenvalue weighted by Gasteiger charge is -2.16. The summed E-state index contributed by atoms with van der Waals surface area (Å²) >= 11 is 3.40. The number of hydrogen-bond acceptors (Lipinski definition) is 2. The molecule has 0 N–H and O–H groups in total. The van der Waals surface area contributed by atoms with Gasteiger partial charge in [-0.2, -0.15) is 0 Å². The Kier molecular flexibility index (Phi) is 4.44. The molecule has 94 valence electrons. The zero-order valence-corrected chi connectivity index (χ0v) is 11.7. The van der Waals surface area contributed by atoms with E-state index in [4.69, 9.17) is 0 Å². The number of halogens is 2. The number of rotatable bonds is 4. The Hall–Kier alpha value is -1.26. The minimum absolute atomic E-state index is 0.190. The van der Waals surface area contributed by atoms with E-state index in [2.05, 4.69) is 25.8 Å². The second-order valence-corrected chi connectivity index (χ2v) is 5.23. The third-order valence-electron chi connectivity index (χ3n) is 2.56. The first kappa shape index (κ1) is 13.2. The normalized spacial score (nSPS) is 10.9. The van der Waals surface area contributed by atoms with Gasteiger partial charge in [0.25, 0.3) is 0 Å². The number of pyridine rings is 1. The van der Waals surface area contributed by atoms with Crippen LogP contribution < -0.4 is 0 Å². The molecule has 0 aliphatic rings. The van der Waals surface area contributed by atoms with Crippen LogP contribution in [0, 0.1) is 5.82 Å². The molecule has 0 bridgehead atoms. The maximum atomic E-state index is 13.1. The number of nitrogens with zero attached hydrogens (tertiary/aromatic N) is 2. The van der Waals surface area contributed by atoms with E-state index in [9.17, 15) is 4.39 Å². The van der Waals surface area contributed by atoms with Gasteiger partial charge in [-0.3, -0.25) is 9.88 Å². The molecule has 2 nitrogen and oxygen atoms in total. The van der Waals surface area contributed by atoms with Crippen LogP contribution in [0.4, 0.5) is 4.39 Å². The van der Waals surface area contributed by atoms with Crippen LogP contribution in [0.5, 0.6) is 0 Å². The Bertz CT molecular complexity index is 483. The fourth-order valence-corrected chi connectivity index (χ4v) is 2.27. The summed E-state index contributed by atoms with van der Waals surface area (Å²) in [5.74, 6) is -0.190. The van der Waals surface area contributed by atoms with Crippen LogP contribution in [-0.2, 0) is 13.1 Å². The van der Waals surface area contributed by atoms with E-state index in [-0.39, 0.29) is 5.82 Å². The van der Waals surface area contributed by atoms with Crippen LogP contribution in [0.2, 0.25) is 0 Å². The van der Waals surface area contributed by atoms with Crippen molar-refractivity contribution in [3.05, 3.63) is 64.1 Å². The zero-order valence-electron chi connectivity index (χ0n) is 10.1. The summed E-state index contributed by atoms with van der Waals surface area (Å²) in [6.45, 7) is 1.49. The summed E-state index contributed by atoms with van der Waals surface area (Å²) < 4.78 is 14.0. The molecule has 0 radical (unpaired) electrons. The highest BCUT2D eigenvalue weighted by Gasteiger charge is 2.03. The molecule has 2 rings (SSSR count). The van der Waals surface area contributed by atoms with Gasteiger partial charge in [-0.15, -0.1) is 0 Å². The van der Waals surface area contributed by atoms with E-state index >= 15 is 0 Å². The van der Waals surface area contributed by atoms with E-state index in [1.165, 1.54) is 6.07 Å². The van der Waals surface area contributed by atoms with Crippen LogP contribution in [0.1, 0.15) is 11.1 Å². The second kappa shape index (κ2) is 6.07. The van der Waals surface area contributed by atoms with Crippen LogP contribution in [0.15, 0.2) is 47.2 Å². The molecule has 0 atom stereocenters. The summed E-state index contributed by atoms with van der Waals surface area (Å²) in [5, 5.41) is 0. The third-order valence-corrected chi connectivity index (χ3v) is 2.99. The van der Waals surface area contributed by atoms with Gasteiger partial charge in [0.1, 0.15) is 5.82 Å². The number of hydrogen-bond donors (Lipinski definition) is 0. The van der Waals surface area contributed by atoms with Crippen LogP contribution in [0.25, 0.3) is 0 Å². The van der Waals surface area contributed by atoms with Crippen molar-refractivity contribution in [3.63, 3.8) is 0 Å². The molecule has 0 saturated heterocycles. The molecule has 1 aromatic carbocycles. The molecule has 0 aliphatic heterocycles. The first-order valence-corrected chi connectivity index (χ1v) is 6.45. The van der Waals surface area contributed by atoms with Gasteiger partial charge in [0.15, 0.2) is 0 Å². The molecule has 18 heavy (non-hydrogen) atoms. The molecule has 0 fully saturated rings. The van der Waals surface area contributed by atoms with Gasteiger partial charge in [-0.05, 0) is 52.3 Å². The summed E-state index contributed by atoms with van der Waals surface area (Å²) in [4.78, 5) is 6.25. The Balaban J connectivity index is 1.98. The molecule has 0 spiro atoms. The van der Waals surface area contributed by atoms with E-state index < -0.39 is 0 Å². The molecule has 1 aromatic heterocycles. The van der Waals surface area contributed by atoms with Gasteiger partial charge in [0, 0.05) is 30.0 Å². The van der Waals surface area contributed by atoms with Gasteiger partial charge in [0.2, 0.25) is 0 Å². The molecule has 2 aromatic rings. The SMILES string of the molecule is CN(Cc1cccc(F)c1)Cc1cncc(Br)c1. The Labute approximate surface area is 115 Å². The van der Waals surface area contributed by atoms with Crippen molar-refractivity contribution in [2.45, 2.75) is 13.1 Å². The first-order valence-electron chi connectivity index (χ1n) is 5.66. The molecule has 0 unspecified atom stereocenters. The molecule has 4 heteroatoms. The fraction of sp³-hybridized carbons (Fsp3) is 0.214. The minimum Gasteiger partial charge on any atom is -0.298 e. The Morgan fingerprint density at radius 3 is 2.67 bits per heavy atom. The van der Waals surface area contributed by atoms with Crippen molar-refractivity contribution in [2.75, 3.05) is 7.05 Å². The summed E-state index contributed by atoms with van der Waals surface area (Å²) in [5.41, 5.74) is 2.10. The van der Waals surface area contributed by atoms with Gasteiger partial charge < -0.3 is 0 Å². The summed E-state index contributed by atoms with van der Waals surface area (Å²) in [6, 6.07) is 8.73. The molecule has 1 heterocycles. The predicted octanol–water partition coefficient (Wildman–Crippen LogP) is 3.62. The average molecular weight is 309 g/mol. The van der Waals surface area contributed by atoms with Gasteiger partial charge >= 0.3 is 0 Å². The van der Waals surface area contributed by atoms with Crippen LogP contribution in [0.3, 0.4) is 0 Å². The van der Waals surface area contributed by atoms with Crippen molar-refractivity contribution in [2.24, 2.45) is 0 Å². The largest absolute Gasteiger partial charge is 0.298 e. The van der Waals surface area contributed by atoms with Crippen molar-refractivity contribution < 1.29 is 4.39 Å². The molecule has 0 aliphatic carbocycles. The molecule has 0 saturated carbocycles. The van der Waals surface area contributed by atoms with E-state index in [1.807, 2.05) is 25.4 Å². The topological polar surface area (TPSA) is 16.1 Å². The Morgan fingerprint density at radius 2 is 1.94 bits per heavy atom. The van der Waals surface area contributed by atoms with Gasteiger partial charge in [-0.25, -0.2) is 4.39 Å². The second-order valence-electron chi connectivity index (χ2n) is 4.31. The quantitative estimate of drug-likeness (QED) is 0.857. The number of benzene rings is 1. The average Bonchev–Trinajstić information content (AvgIpc) is 2.28. The highest BCUT2D eigenvalue weighted by molar-refractivity contribution is 9.10. The van der Waals surface area contributed by atoms with Crippen LogP contribution >= 0.6 is 15.9 Å². The monoisotopic (exact) mass is 308 g/mol. The number of aromatic nitrogens is 1. The predicted molar refractivity (Wildman–Crippen MR) is 73.5 cm³/mol. The summed E-state index contributed by atoms with van der Waals surface area (Å²) in [7, 11) is 2.01. The van der Waals surface area contributed by atoms with Crippen molar-refractivity contribution >= 4 is 15.9 Å². The lowest BCUT2D eigenvalue weighted by Crippen LogP contribution is -2.17. The van der Waals surface area contributed by atoms with Crippen molar-refractivity contribution in [3.8, 4) is 0 Å². The van der Waals surface area contributed by atoms with E-state index in [1.54, 1.807) is 18.3 Å². The van der Waals surface area contributed by atoms with Crippen molar-refractivity contribution in [1.82, 2.24) is 9.88 Å². The third kappa shape index (κ3) is 3.89. The zero-order chi connectivity index (χ0) is 13.0. The maximum absolute atomic E-state index is 13.1. The molecular formula is C14H14BrFN2. The summed E-state index contributed by atoms with van der Waals surface area (Å²) in [6.07, 6.45) is 3.60. The molecular weight excluding hydrogens is 295 g/mol. The smallest absolute Gasteiger partial charge is 0.123 e. The highest BCUT2D eigenvalue weighted by Crippen LogP contribution is 2.13. The van der Waals surface area contributed by atoms with E-state index in [0.717, 1.165) is 22.1 Å². The minimum atomic E-state index is -0.190. The van der Waals surface area contributed by atoms with Gasteiger partial charge in [0.05, 0.1) is 0 Å². The lowest BCUT2D eigenvalue weighted by atomic mass is 10.2. The first-order chi connectivity index (χ1) is 8.63. The van der Waals surface area contributed by atoms with E-state index in [0.29, 0.717) is 6.54 Å². The fourth-order valence-electron chi connectivity index (χ4n) is 1.86. The highest BCUT2D eigenvalue weighted by atomic mass is 79.9. The Morgan fingerprint density at radius 1 is 1.17 bits per heavy atom. The lowest BCUT2D eigenvalue weighted by molar-refractivity contribution is 0.318.